The maximum absolute atomic E-state index is 5.84. The van der Waals surface area contributed by atoms with E-state index in [1.54, 1.807) is 12.4 Å². The lowest BCUT2D eigenvalue weighted by Gasteiger charge is -2.12. The second-order valence-corrected chi connectivity index (χ2v) is 2.93. The molecule has 1 unspecified atom stereocenters. The third-order valence-electron chi connectivity index (χ3n) is 1.53. The van der Waals surface area contributed by atoms with Crippen LogP contribution in [0.2, 0.25) is 0 Å². The minimum Gasteiger partial charge on any atom is -0.318 e. The Kier molecular flexibility index (Phi) is 2.19. The van der Waals surface area contributed by atoms with Gasteiger partial charge in [0.15, 0.2) is 0 Å². The summed E-state index contributed by atoms with van der Waals surface area (Å²) in [5.74, 6) is 0. The molecule has 0 aliphatic carbocycles. The first-order chi connectivity index (χ1) is 5.14. The first kappa shape index (κ1) is 8.14. The first-order valence-electron chi connectivity index (χ1n) is 3.72. The average Bonchev–Trinajstić information content (AvgIpc) is 2.10. The number of hydrogen-bond donors (Lipinski definition) is 1. The molecule has 1 aliphatic rings. The predicted octanol–water partition coefficient (Wildman–Crippen LogP) is 1.11. The zero-order chi connectivity index (χ0) is 8.32. The van der Waals surface area contributed by atoms with Crippen LogP contribution in [0.25, 0.3) is 0 Å². The van der Waals surface area contributed by atoms with E-state index < -0.39 is 5.54 Å². The van der Waals surface area contributed by atoms with Crippen LogP contribution in [0.5, 0.6) is 0 Å². The number of nitrogens with two attached hydrogens (primary N) is 1. The molecule has 3 nitrogen and oxygen atoms in total. The van der Waals surface area contributed by atoms with Gasteiger partial charge in [-0.1, -0.05) is 13.0 Å². The van der Waals surface area contributed by atoms with Gasteiger partial charge in [-0.3, -0.25) is 0 Å². The molecular formula is C8H13N3. The van der Waals surface area contributed by atoms with E-state index in [-0.39, 0.29) is 0 Å². The standard InChI is InChI=1S/C8H13N3/c1-3-7-4-8(2,9)6-11-10-5-7/h4-6H,3,9H2,1-2H3. The first-order valence-corrected chi connectivity index (χ1v) is 3.72. The van der Waals surface area contributed by atoms with Crippen molar-refractivity contribution in [2.24, 2.45) is 15.9 Å². The number of allylic oxidation sites excluding steroid dienone is 1. The Morgan fingerprint density at radius 3 is 2.91 bits per heavy atom. The molecule has 1 heterocycles. The highest BCUT2D eigenvalue weighted by Crippen LogP contribution is 2.08. The second-order valence-electron chi connectivity index (χ2n) is 2.93. The smallest absolute Gasteiger partial charge is 0.0695 e. The summed E-state index contributed by atoms with van der Waals surface area (Å²) in [6.07, 6.45) is 6.31. The molecule has 1 rings (SSSR count). The summed E-state index contributed by atoms with van der Waals surface area (Å²) in [7, 11) is 0. The summed E-state index contributed by atoms with van der Waals surface area (Å²) in [5, 5.41) is 7.60. The fourth-order valence-electron chi connectivity index (χ4n) is 0.933. The molecule has 0 radical (unpaired) electrons. The lowest BCUT2D eigenvalue weighted by Crippen LogP contribution is -2.35. The van der Waals surface area contributed by atoms with Crippen molar-refractivity contribution in [3.63, 3.8) is 0 Å². The van der Waals surface area contributed by atoms with E-state index in [4.69, 9.17) is 5.73 Å². The van der Waals surface area contributed by atoms with Crippen molar-refractivity contribution in [3.05, 3.63) is 11.6 Å². The van der Waals surface area contributed by atoms with Crippen LogP contribution >= 0.6 is 0 Å². The number of hydrogen-bond acceptors (Lipinski definition) is 3. The maximum atomic E-state index is 5.84. The highest BCUT2D eigenvalue weighted by atomic mass is 15.2. The summed E-state index contributed by atoms with van der Waals surface area (Å²) < 4.78 is 0. The zero-order valence-electron chi connectivity index (χ0n) is 6.91. The minimum atomic E-state index is -0.443. The molecule has 1 aliphatic heterocycles. The lowest BCUT2D eigenvalue weighted by atomic mass is 10.0. The van der Waals surface area contributed by atoms with Crippen molar-refractivity contribution < 1.29 is 0 Å². The molecule has 0 fully saturated rings. The van der Waals surface area contributed by atoms with Gasteiger partial charge < -0.3 is 5.73 Å². The third-order valence-corrected chi connectivity index (χ3v) is 1.53. The Hall–Kier alpha value is -0.960. The Labute approximate surface area is 66.7 Å². The van der Waals surface area contributed by atoms with E-state index in [2.05, 4.69) is 17.1 Å². The minimum absolute atomic E-state index is 0.443. The fourth-order valence-corrected chi connectivity index (χ4v) is 0.933. The van der Waals surface area contributed by atoms with E-state index in [1.807, 2.05) is 13.0 Å². The molecule has 0 saturated carbocycles. The molecule has 0 aromatic rings. The van der Waals surface area contributed by atoms with Gasteiger partial charge in [-0.2, -0.15) is 10.2 Å². The van der Waals surface area contributed by atoms with Crippen LogP contribution in [-0.4, -0.2) is 18.0 Å². The van der Waals surface area contributed by atoms with Crippen LogP contribution in [0.4, 0.5) is 0 Å². The van der Waals surface area contributed by atoms with E-state index in [1.165, 1.54) is 0 Å². The van der Waals surface area contributed by atoms with E-state index in [9.17, 15) is 0 Å². The summed E-state index contributed by atoms with van der Waals surface area (Å²) >= 11 is 0. The highest BCUT2D eigenvalue weighted by Gasteiger charge is 2.13. The molecule has 0 aromatic heterocycles. The third kappa shape index (κ3) is 2.27. The van der Waals surface area contributed by atoms with E-state index in [0.717, 1.165) is 12.0 Å². The lowest BCUT2D eigenvalue weighted by molar-refractivity contribution is 0.791. The molecule has 3 heteroatoms. The van der Waals surface area contributed by atoms with Gasteiger partial charge in [-0.05, 0) is 18.9 Å². The van der Waals surface area contributed by atoms with Gasteiger partial charge in [0.05, 0.1) is 18.0 Å². The molecule has 1 atom stereocenters. The predicted molar refractivity (Wildman–Crippen MR) is 48.0 cm³/mol. The largest absolute Gasteiger partial charge is 0.318 e. The summed E-state index contributed by atoms with van der Waals surface area (Å²) in [6, 6.07) is 0. The Morgan fingerprint density at radius 2 is 2.27 bits per heavy atom. The van der Waals surface area contributed by atoms with Crippen LogP contribution in [-0.2, 0) is 0 Å². The second kappa shape index (κ2) is 2.96. The van der Waals surface area contributed by atoms with Crippen molar-refractivity contribution in [3.8, 4) is 0 Å². The van der Waals surface area contributed by atoms with Gasteiger partial charge in [-0.15, -0.1) is 0 Å². The Balaban J connectivity index is 2.90. The summed E-state index contributed by atoms with van der Waals surface area (Å²) in [6.45, 7) is 3.97. The average molecular weight is 151 g/mol. The highest BCUT2D eigenvalue weighted by molar-refractivity contribution is 5.84. The molecule has 0 saturated heterocycles. The maximum Gasteiger partial charge on any atom is 0.0695 e. The van der Waals surface area contributed by atoms with Crippen LogP contribution in [0.15, 0.2) is 21.9 Å². The van der Waals surface area contributed by atoms with Gasteiger partial charge >= 0.3 is 0 Å². The Morgan fingerprint density at radius 1 is 1.55 bits per heavy atom. The topological polar surface area (TPSA) is 50.7 Å². The Bertz CT molecular complexity index is 223. The van der Waals surface area contributed by atoms with Crippen molar-refractivity contribution >= 4 is 12.4 Å². The molecule has 0 aromatic carbocycles. The van der Waals surface area contributed by atoms with Crippen LogP contribution in [0, 0.1) is 0 Å². The molecule has 60 valence electrons. The molecule has 11 heavy (non-hydrogen) atoms. The quantitative estimate of drug-likeness (QED) is 0.599. The van der Waals surface area contributed by atoms with Gasteiger partial charge in [-0.25, -0.2) is 0 Å². The van der Waals surface area contributed by atoms with Crippen molar-refractivity contribution in [1.82, 2.24) is 0 Å². The normalized spacial score (nSPS) is 29.9. The van der Waals surface area contributed by atoms with Gasteiger partial charge in [0, 0.05) is 0 Å². The van der Waals surface area contributed by atoms with Crippen molar-refractivity contribution in [2.45, 2.75) is 25.8 Å². The number of rotatable bonds is 1. The summed E-state index contributed by atoms with van der Waals surface area (Å²) in [4.78, 5) is 0. The molecule has 0 amide bonds. The molecule has 0 spiro atoms. The van der Waals surface area contributed by atoms with Crippen LogP contribution < -0.4 is 5.73 Å². The molecule has 0 bridgehead atoms. The zero-order valence-corrected chi connectivity index (χ0v) is 6.91. The van der Waals surface area contributed by atoms with Gasteiger partial charge in [0.2, 0.25) is 0 Å². The van der Waals surface area contributed by atoms with Gasteiger partial charge in [0.1, 0.15) is 0 Å². The fraction of sp³-hybridized carbons (Fsp3) is 0.500. The SMILES string of the molecule is CCC1=CC(C)(N)C=NN=C1. The van der Waals surface area contributed by atoms with E-state index in [0.29, 0.717) is 0 Å². The molecular weight excluding hydrogens is 138 g/mol. The molecule has 2 N–H and O–H groups in total. The van der Waals surface area contributed by atoms with Crippen molar-refractivity contribution in [2.75, 3.05) is 0 Å². The van der Waals surface area contributed by atoms with Crippen LogP contribution in [0.3, 0.4) is 0 Å². The number of nitrogens with zero attached hydrogens (tertiary/aromatic N) is 2. The summed E-state index contributed by atoms with van der Waals surface area (Å²) in [5.41, 5.74) is 6.53. The van der Waals surface area contributed by atoms with Gasteiger partial charge in [0.25, 0.3) is 0 Å². The van der Waals surface area contributed by atoms with E-state index >= 15 is 0 Å². The van der Waals surface area contributed by atoms with Crippen LogP contribution in [0.1, 0.15) is 20.3 Å². The van der Waals surface area contributed by atoms with Crippen molar-refractivity contribution in [1.29, 1.82) is 0 Å². The monoisotopic (exact) mass is 151 g/mol.